The molecule has 0 radical (unpaired) electrons. The average Bonchev–Trinajstić information content (AvgIpc) is 2.56. The number of aromatic nitrogens is 1. The molecule has 1 rings (SSSR count). The molecule has 0 atom stereocenters. The maximum atomic E-state index is 11.4. The predicted molar refractivity (Wildman–Crippen MR) is 56.1 cm³/mol. The second-order valence-corrected chi connectivity index (χ2v) is 3.61. The van der Waals surface area contributed by atoms with Gasteiger partial charge in [0.15, 0.2) is 10.6 Å². The van der Waals surface area contributed by atoms with Crippen LogP contribution < -0.4 is 11.1 Å². The van der Waals surface area contributed by atoms with Crippen molar-refractivity contribution in [2.75, 3.05) is 12.3 Å². The molecule has 0 aliphatic heterocycles. The molecule has 7 heteroatoms. The lowest BCUT2D eigenvalue weighted by Crippen LogP contribution is -2.25. The van der Waals surface area contributed by atoms with Crippen LogP contribution in [0.25, 0.3) is 0 Å². The maximum Gasteiger partial charge on any atom is 0.349 e. The molecule has 6 nitrogen and oxygen atoms in total. The Morgan fingerprint density at radius 1 is 1.60 bits per heavy atom. The number of nitrogen functional groups attached to an aromatic ring is 1. The normalized spacial score (nSPS) is 9.93. The van der Waals surface area contributed by atoms with E-state index in [0.29, 0.717) is 18.1 Å². The van der Waals surface area contributed by atoms with E-state index < -0.39 is 11.9 Å². The second kappa shape index (κ2) is 4.74. The lowest BCUT2D eigenvalue weighted by atomic mass is 10.3. The van der Waals surface area contributed by atoms with E-state index in [4.69, 9.17) is 10.8 Å². The summed E-state index contributed by atoms with van der Waals surface area (Å²) in [6.45, 7) is 2.42. The van der Waals surface area contributed by atoms with Crippen molar-refractivity contribution in [3.05, 3.63) is 10.6 Å². The number of nitrogens with zero attached hydrogens (tertiary/aromatic N) is 1. The average molecular weight is 229 g/mol. The summed E-state index contributed by atoms with van der Waals surface area (Å²) >= 11 is 0.711. The molecule has 1 amide bonds. The van der Waals surface area contributed by atoms with Gasteiger partial charge in [0, 0.05) is 6.54 Å². The van der Waals surface area contributed by atoms with E-state index in [1.165, 1.54) is 0 Å². The summed E-state index contributed by atoms with van der Waals surface area (Å²) < 4.78 is 3.71. The number of nitrogens with two attached hydrogens (primary N) is 1. The first-order valence-corrected chi connectivity index (χ1v) is 5.11. The third-order valence-corrected chi connectivity index (χ3v) is 2.52. The smallest absolute Gasteiger partial charge is 0.349 e. The molecule has 0 aromatic carbocycles. The summed E-state index contributed by atoms with van der Waals surface area (Å²) in [7, 11) is 0. The van der Waals surface area contributed by atoms with Gasteiger partial charge in [0.25, 0.3) is 5.91 Å². The number of carbonyl (C=O) groups excluding carboxylic acids is 1. The number of aromatic carboxylic acids is 1. The lowest BCUT2D eigenvalue weighted by molar-refractivity contribution is 0.0703. The Labute approximate surface area is 90.3 Å². The Morgan fingerprint density at radius 3 is 2.73 bits per heavy atom. The minimum absolute atomic E-state index is 0.00847. The molecular weight excluding hydrogens is 218 g/mol. The van der Waals surface area contributed by atoms with Crippen molar-refractivity contribution in [2.24, 2.45) is 0 Å². The molecule has 0 spiro atoms. The number of carboxylic acid groups (broad SMARTS) is 1. The summed E-state index contributed by atoms with van der Waals surface area (Å²) in [5.74, 6) is -1.60. The fourth-order valence-electron chi connectivity index (χ4n) is 0.937. The highest BCUT2D eigenvalue weighted by Gasteiger charge is 2.20. The molecule has 82 valence electrons. The number of hydrogen-bond donors (Lipinski definition) is 3. The van der Waals surface area contributed by atoms with Gasteiger partial charge in [0.1, 0.15) is 0 Å². The minimum Gasteiger partial charge on any atom is -0.477 e. The lowest BCUT2D eigenvalue weighted by Gasteiger charge is -2.00. The highest BCUT2D eigenvalue weighted by atomic mass is 32.1. The summed E-state index contributed by atoms with van der Waals surface area (Å²) in [5, 5.41) is 11.3. The third kappa shape index (κ3) is 2.44. The van der Waals surface area contributed by atoms with Gasteiger partial charge < -0.3 is 16.2 Å². The van der Waals surface area contributed by atoms with Gasteiger partial charge in [-0.25, -0.2) is 4.79 Å². The van der Waals surface area contributed by atoms with Crippen molar-refractivity contribution in [3.8, 4) is 0 Å². The zero-order chi connectivity index (χ0) is 11.4. The standard InChI is InChI=1S/C8H11N3O3S/c1-2-3-10-7(12)5-4(9)6(8(13)14)15-11-5/h2-3,9H2,1H3,(H,10,12)(H,13,14). The number of amides is 1. The van der Waals surface area contributed by atoms with Crippen LogP contribution in [0.3, 0.4) is 0 Å². The fourth-order valence-corrected chi connectivity index (χ4v) is 1.57. The van der Waals surface area contributed by atoms with Gasteiger partial charge in [-0.05, 0) is 18.0 Å². The van der Waals surface area contributed by atoms with Gasteiger partial charge in [0.2, 0.25) is 0 Å². The SMILES string of the molecule is CCCNC(=O)c1nsc(C(=O)O)c1N. The van der Waals surface area contributed by atoms with Crippen LogP contribution in [-0.2, 0) is 0 Å². The number of carboxylic acids is 1. The topological polar surface area (TPSA) is 105 Å². The van der Waals surface area contributed by atoms with Crippen LogP contribution in [0, 0.1) is 0 Å². The zero-order valence-corrected chi connectivity index (χ0v) is 8.93. The predicted octanol–water partition coefficient (Wildman–Crippen LogP) is 0.563. The Kier molecular flexibility index (Phi) is 3.62. The van der Waals surface area contributed by atoms with Gasteiger partial charge in [-0.1, -0.05) is 6.92 Å². The Bertz CT molecular complexity index is 388. The fraction of sp³-hybridized carbons (Fsp3) is 0.375. The quantitative estimate of drug-likeness (QED) is 0.699. The van der Waals surface area contributed by atoms with E-state index in [9.17, 15) is 9.59 Å². The Morgan fingerprint density at radius 2 is 2.27 bits per heavy atom. The second-order valence-electron chi connectivity index (χ2n) is 2.84. The molecule has 0 fully saturated rings. The van der Waals surface area contributed by atoms with Gasteiger partial charge in [0.05, 0.1) is 5.69 Å². The van der Waals surface area contributed by atoms with Crippen molar-refractivity contribution >= 4 is 29.1 Å². The highest BCUT2D eigenvalue weighted by molar-refractivity contribution is 7.08. The zero-order valence-electron chi connectivity index (χ0n) is 8.11. The molecule has 0 bridgehead atoms. The van der Waals surface area contributed by atoms with Gasteiger partial charge in [-0.3, -0.25) is 4.79 Å². The molecular formula is C8H11N3O3S. The Hall–Kier alpha value is -1.63. The van der Waals surface area contributed by atoms with Gasteiger partial charge in [-0.2, -0.15) is 4.37 Å². The number of anilines is 1. The molecule has 0 saturated heterocycles. The molecule has 1 aromatic heterocycles. The Balaban J connectivity index is 2.86. The molecule has 0 unspecified atom stereocenters. The summed E-state index contributed by atoms with van der Waals surface area (Å²) in [4.78, 5) is 22.0. The van der Waals surface area contributed by atoms with E-state index in [1.807, 2.05) is 6.92 Å². The number of nitrogens with one attached hydrogen (secondary N) is 1. The monoisotopic (exact) mass is 229 g/mol. The summed E-state index contributed by atoms with van der Waals surface area (Å²) in [6.07, 6.45) is 0.793. The highest BCUT2D eigenvalue weighted by Crippen LogP contribution is 2.21. The summed E-state index contributed by atoms with van der Waals surface area (Å²) in [6, 6.07) is 0. The van der Waals surface area contributed by atoms with Crippen molar-refractivity contribution in [1.29, 1.82) is 0 Å². The van der Waals surface area contributed by atoms with Crippen LogP contribution in [-0.4, -0.2) is 27.9 Å². The van der Waals surface area contributed by atoms with Gasteiger partial charge in [-0.15, -0.1) is 0 Å². The van der Waals surface area contributed by atoms with E-state index in [0.717, 1.165) is 6.42 Å². The summed E-state index contributed by atoms with van der Waals surface area (Å²) in [5.41, 5.74) is 5.41. The maximum absolute atomic E-state index is 11.4. The van der Waals surface area contributed by atoms with Crippen molar-refractivity contribution < 1.29 is 14.7 Å². The van der Waals surface area contributed by atoms with Crippen LogP contribution in [0.15, 0.2) is 0 Å². The van der Waals surface area contributed by atoms with Crippen LogP contribution in [0.1, 0.15) is 33.5 Å². The largest absolute Gasteiger partial charge is 0.477 e. The van der Waals surface area contributed by atoms with E-state index in [1.54, 1.807) is 0 Å². The molecule has 1 heterocycles. The molecule has 1 aromatic rings. The minimum atomic E-state index is -1.17. The number of rotatable bonds is 4. The molecule has 0 aliphatic rings. The van der Waals surface area contributed by atoms with Crippen molar-refractivity contribution in [2.45, 2.75) is 13.3 Å². The first-order valence-electron chi connectivity index (χ1n) is 4.34. The number of carbonyl (C=O) groups is 2. The number of hydrogen-bond acceptors (Lipinski definition) is 5. The molecule has 15 heavy (non-hydrogen) atoms. The van der Waals surface area contributed by atoms with Crippen molar-refractivity contribution in [1.82, 2.24) is 9.69 Å². The van der Waals surface area contributed by atoms with Crippen LogP contribution in [0.4, 0.5) is 5.69 Å². The molecule has 0 saturated carbocycles. The molecule has 0 aliphatic carbocycles. The van der Waals surface area contributed by atoms with Crippen LogP contribution >= 0.6 is 11.5 Å². The molecule has 4 N–H and O–H groups in total. The van der Waals surface area contributed by atoms with E-state index >= 15 is 0 Å². The van der Waals surface area contributed by atoms with Crippen LogP contribution in [0.5, 0.6) is 0 Å². The van der Waals surface area contributed by atoms with Gasteiger partial charge >= 0.3 is 5.97 Å². The van der Waals surface area contributed by atoms with Crippen LogP contribution in [0.2, 0.25) is 0 Å². The first-order chi connectivity index (χ1) is 7.07. The van der Waals surface area contributed by atoms with Crippen molar-refractivity contribution in [3.63, 3.8) is 0 Å². The van der Waals surface area contributed by atoms with E-state index in [-0.39, 0.29) is 16.3 Å². The third-order valence-electron chi connectivity index (χ3n) is 1.67. The first kappa shape index (κ1) is 11.4. The van der Waals surface area contributed by atoms with E-state index in [2.05, 4.69) is 9.69 Å².